The highest BCUT2D eigenvalue weighted by Crippen LogP contribution is 2.20. The van der Waals surface area contributed by atoms with Crippen LogP contribution in [-0.2, 0) is 21.3 Å². The van der Waals surface area contributed by atoms with Crippen LogP contribution >= 0.6 is 11.6 Å². The molecule has 0 saturated carbocycles. The fourth-order valence-corrected chi connectivity index (χ4v) is 2.28. The Bertz CT molecular complexity index is 357. The number of ether oxygens (including phenoxy) is 1. The van der Waals surface area contributed by atoms with Crippen LogP contribution in [0.3, 0.4) is 0 Å². The van der Waals surface area contributed by atoms with Crippen LogP contribution in [0.2, 0.25) is 5.02 Å². The quantitative estimate of drug-likeness (QED) is 0.808. The second-order valence-corrected chi connectivity index (χ2v) is 5.12. The number of rotatable bonds is 5. The molecule has 15 heavy (non-hydrogen) atoms. The van der Waals surface area contributed by atoms with Gasteiger partial charge >= 0.3 is 0 Å². The number of benzene rings is 1. The van der Waals surface area contributed by atoms with Crippen LogP contribution in [0.5, 0.6) is 0 Å². The van der Waals surface area contributed by atoms with Gasteiger partial charge in [-0.1, -0.05) is 17.7 Å². The normalized spacial score (nSPS) is 12.7. The van der Waals surface area contributed by atoms with E-state index in [0.29, 0.717) is 28.8 Å². The van der Waals surface area contributed by atoms with Gasteiger partial charge in [0.2, 0.25) is 0 Å². The molecular formula is C10H14ClNO2S. The maximum atomic E-state index is 11.5. The molecular weight excluding hydrogens is 234 g/mol. The van der Waals surface area contributed by atoms with Gasteiger partial charge in [0.25, 0.3) is 0 Å². The summed E-state index contributed by atoms with van der Waals surface area (Å²) in [7, 11) is 0.685. The summed E-state index contributed by atoms with van der Waals surface area (Å²) in [5, 5.41) is 0.529. The SMILES string of the molecule is COCCS(=O)Cc1ccc(Cl)c(N)c1. The Morgan fingerprint density at radius 1 is 1.53 bits per heavy atom. The van der Waals surface area contributed by atoms with E-state index in [-0.39, 0.29) is 0 Å². The average Bonchev–Trinajstić information content (AvgIpc) is 2.20. The molecule has 1 aromatic carbocycles. The van der Waals surface area contributed by atoms with Crippen molar-refractivity contribution in [2.45, 2.75) is 5.75 Å². The maximum absolute atomic E-state index is 11.5. The summed E-state index contributed by atoms with van der Waals surface area (Å²) in [6, 6.07) is 5.32. The first kappa shape index (κ1) is 12.5. The number of hydrogen-bond acceptors (Lipinski definition) is 3. The summed E-state index contributed by atoms with van der Waals surface area (Å²) < 4.78 is 16.4. The third-order valence-corrected chi connectivity index (χ3v) is 3.52. The molecule has 0 aliphatic carbocycles. The monoisotopic (exact) mass is 247 g/mol. The molecule has 0 aliphatic heterocycles. The molecule has 5 heteroatoms. The maximum Gasteiger partial charge on any atom is 0.0635 e. The van der Waals surface area contributed by atoms with Gasteiger partial charge in [0.05, 0.1) is 17.3 Å². The molecule has 1 atom stereocenters. The molecule has 0 radical (unpaired) electrons. The van der Waals surface area contributed by atoms with Crippen molar-refractivity contribution in [1.82, 2.24) is 0 Å². The van der Waals surface area contributed by atoms with E-state index in [1.54, 1.807) is 19.2 Å². The van der Waals surface area contributed by atoms with E-state index in [1.807, 2.05) is 6.07 Å². The molecule has 0 saturated heterocycles. The third kappa shape index (κ3) is 4.20. The summed E-state index contributed by atoms with van der Waals surface area (Å²) in [6.07, 6.45) is 0. The van der Waals surface area contributed by atoms with E-state index in [4.69, 9.17) is 22.1 Å². The lowest BCUT2D eigenvalue weighted by atomic mass is 10.2. The number of nitrogens with two attached hydrogens (primary N) is 1. The van der Waals surface area contributed by atoms with E-state index in [1.165, 1.54) is 0 Å². The fraction of sp³-hybridized carbons (Fsp3) is 0.400. The Morgan fingerprint density at radius 3 is 2.87 bits per heavy atom. The minimum atomic E-state index is -0.909. The van der Waals surface area contributed by atoms with E-state index in [2.05, 4.69) is 0 Å². The molecule has 0 amide bonds. The second-order valence-electron chi connectivity index (χ2n) is 3.14. The summed E-state index contributed by atoms with van der Waals surface area (Å²) >= 11 is 5.78. The molecule has 0 heterocycles. The summed E-state index contributed by atoms with van der Waals surface area (Å²) in [5.41, 5.74) is 7.10. The molecule has 0 aliphatic rings. The van der Waals surface area contributed by atoms with Crippen LogP contribution in [-0.4, -0.2) is 23.7 Å². The van der Waals surface area contributed by atoms with Crippen LogP contribution in [0.25, 0.3) is 0 Å². The molecule has 0 spiro atoms. The molecule has 1 aromatic rings. The van der Waals surface area contributed by atoms with Crippen molar-refractivity contribution in [3.63, 3.8) is 0 Å². The minimum absolute atomic E-state index is 0.491. The number of anilines is 1. The minimum Gasteiger partial charge on any atom is -0.398 e. The van der Waals surface area contributed by atoms with Crippen LogP contribution in [0.1, 0.15) is 5.56 Å². The molecule has 3 nitrogen and oxygen atoms in total. The summed E-state index contributed by atoms with van der Waals surface area (Å²) in [5.74, 6) is 1.03. The van der Waals surface area contributed by atoms with Crippen LogP contribution in [0.4, 0.5) is 5.69 Å². The van der Waals surface area contributed by atoms with E-state index in [9.17, 15) is 4.21 Å². The number of methoxy groups -OCH3 is 1. The average molecular weight is 248 g/mol. The zero-order chi connectivity index (χ0) is 11.3. The largest absolute Gasteiger partial charge is 0.398 e. The number of hydrogen-bond donors (Lipinski definition) is 1. The zero-order valence-electron chi connectivity index (χ0n) is 8.53. The second kappa shape index (κ2) is 6.10. The first-order valence-electron chi connectivity index (χ1n) is 4.51. The Balaban J connectivity index is 2.57. The van der Waals surface area contributed by atoms with Crippen LogP contribution in [0, 0.1) is 0 Å². The van der Waals surface area contributed by atoms with Gasteiger partial charge in [-0.2, -0.15) is 0 Å². The van der Waals surface area contributed by atoms with Crippen molar-refractivity contribution in [2.75, 3.05) is 25.2 Å². The predicted octanol–water partition coefficient (Wildman–Crippen LogP) is 1.82. The van der Waals surface area contributed by atoms with Crippen molar-refractivity contribution in [1.29, 1.82) is 0 Å². The summed E-state index contributed by atoms with van der Waals surface area (Å²) in [4.78, 5) is 0. The van der Waals surface area contributed by atoms with Gasteiger partial charge in [-0.05, 0) is 17.7 Å². The first-order valence-corrected chi connectivity index (χ1v) is 6.38. The third-order valence-electron chi connectivity index (χ3n) is 1.90. The number of nitrogen functional groups attached to an aromatic ring is 1. The fourth-order valence-electron chi connectivity index (χ4n) is 1.12. The molecule has 84 valence electrons. The highest BCUT2D eigenvalue weighted by atomic mass is 35.5. The topological polar surface area (TPSA) is 52.3 Å². The van der Waals surface area contributed by atoms with Crippen molar-refractivity contribution in [3.8, 4) is 0 Å². The van der Waals surface area contributed by atoms with E-state index in [0.717, 1.165) is 5.56 Å². The molecule has 2 N–H and O–H groups in total. The smallest absolute Gasteiger partial charge is 0.0635 e. The Labute approximate surface area is 97.0 Å². The van der Waals surface area contributed by atoms with Crippen molar-refractivity contribution in [3.05, 3.63) is 28.8 Å². The van der Waals surface area contributed by atoms with Crippen molar-refractivity contribution >= 4 is 28.1 Å². The molecule has 1 rings (SSSR count). The Morgan fingerprint density at radius 2 is 2.27 bits per heavy atom. The Kier molecular flexibility index (Phi) is 5.08. The highest BCUT2D eigenvalue weighted by molar-refractivity contribution is 7.84. The Hall–Kier alpha value is -0.580. The standard InChI is InChI=1S/C10H14ClNO2S/c1-14-4-5-15(13)7-8-2-3-9(11)10(12)6-8/h2-3,6H,4-5,7,12H2,1H3. The van der Waals surface area contributed by atoms with E-state index < -0.39 is 10.8 Å². The number of halogens is 1. The lowest BCUT2D eigenvalue weighted by molar-refractivity contribution is 0.218. The zero-order valence-corrected chi connectivity index (χ0v) is 10.1. The molecule has 0 bridgehead atoms. The first-order chi connectivity index (χ1) is 7.13. The predicted molar refractivity (Wildman–Crippen MR) is 64.5 cm³/mol. The molecule has 0 aromatic heterocycles. The lowest BCUT2D eigenvalue weighted by Crippen LogP contribution is -2.06. The van der Waals surface area contributed by atoms with Crippen molar-refractivity contribution < 1.29 is 8.95 Å². The highest BCUT2D eigenvalue weighted by Gasteiger charge is 2.03. The van der Waals surface area contributed by atoms with Gasteiger partial charge in [-0.25, -0.2) is 0 Å². The summed E-state index contributed by atoms with van der Waals surface area (Å²) in [6.45, 7) is 0.510. The molecule has 1 unspecified atom stereocenters. The van der Waals surface area contributed by atoms with Gasteiger partial charge in [0, 0.05) is 29.4 Å². The van der Waals surface area contributed by atoms with Gasteiger partial charge in [-0.3, -0.25) is 4.21 Å². The lowest BCUT2D eigenvalue weighted by Gasteiger charge is -2.04. The van der Waals surface area contributed by atoms with Gasteiger partial charge in [-0.15, -0.1) is 0 Å². The van der Waals surface area contributed by atoms with E-state index >= 15 is 0 Å². The van der Waals surface area contributed by atoms with Crippen LogP contribution in [0.15, 0.2) is 18.2 Å². The van der Waals surface area contributed by atoms with Crippen molar-refractivity contribution in [2.24, 2.45) is 0 Å². The van der Waals surface area contributed by atoms with Gasteiger partial charge < -0.3 is 10.5 Å². The van der Waals surface area contributed by atoms with Gasteiger partial charge in [0.15, 0.2) is 0 Å². The molecule has 0 fully saturated rings. The van der Waals surface area contributed by atoms with Gasteiger partial charge in [0.1, 0.15) is 0 Å². The van der Waals surface area contributed by atoms with Crippen LogP contribution < -0.4 is 5.73 Å².